The first kappa shape index (κ1) is 20.2. The van der Waals surface area contributed by atoms with Crippen LogP contribution in [0.15, 0.2) is 47.4 Å². The summed E-state index contributed by atoms with van der Waals surface area (Å²) in [7, 11) is 2.99. The Morgan fingerprint density at radius 3 is 2.64 bits per heavy atom. The number of nitrogens with one attached hydrogen (secondary N) is 1. The van der Waals surface area contributed by atoms with Crippen molar-refractivity contribution in [1.29, 1.82) is 0 Å². The molecule has 0 aliphatic heterocycles. The zero-order valence-corrected chi connectivity index (χ0v) is 17.2. The summed E-state index contributed by atoms with van der Waals surface area (Å²) in [5.41, 5.74) is 1.20. The van der Waals surface area contributed by atoms with E-state index >= 15 is 0 Å². The number of fused-ring (bicyclic) bond motifs is 1. The van der Waals surface area contributed by atoms with Crippen molar-refractivity contribution in [3.05, 3.63) is 48.0 Å². The lowest BCUT2D eigenvalue weighted by Crippen LogP contribution is -2.11. The first-order valence-corrected chi connectivity index (χ1v) is 10.4. The second-order valence-electron chi connectivity index (χ2n) is 5.87. The van der Waals surface area contributed by atoms with Crippen molar-refractivity contribution in [1.82, 2.24) is 4.98 Å². The molecule has 28 heavy (non-hydrogen) atoms. The van der Waals surface area contributed by atoms with E-state index in [9.17, 15) is 9.59 Å². The predicted octanol–water partition coefficient (Wildman–Crippen LogP) is 4.60. The highest BCUT2D eigenvalue weighted by atomic mass is 32.2. The van der Waals surface area contributed by atoms with Gasteiger partial charge in [0, 0.05) is 11.3 Å². The number of hydrogen-bond donors (Lipinski definition) is 1. The summed E-state index contributed by atoms with van der Waals surface area (Å²) >= 11 is 3.05. The van der Waals surface area contributed by atoms with E-state index in [1.807, 2.05) is 24.3 Å². The number of amides is 1. The van der Waals surface area contributed by atoms with Gasteiger partial charge in [-0.3, -0.25) is 4.79 Å². The number of carbonyl (C=O) groups is 2. The van der Waals surface area contributed by atoms with E-state index in [4.69, 9.17) is 9.47 Å². The number of rotatable bonds is 8. The standard InChI is InChI=1S/C20H20N2O4S2/c1-25-14-6-8-15(9-7-14)27-11-3-4-18(23)22-20-21-16-10-5-13(19(24)26-2)12-17(16)28-20/h5-10,12H,3-4,11H2,1-2H3,(H,21,22,23). The molecule has 0 fully saturated rings. The highest BCUT2D eigenvalue weighted by molar-refractivity contribution is 7.99. The maximum atomic E-state index is 12.2. The van der Waals surface area contributed by atoms with Crippen molar-refractivity contribution in [2.75, 3.05) is 25.3 Å². The smallest absolute Gasteiger partial charge is 0.337 e. The van der Waals surface area contributed by atoms with Crippen LogP contribution in [0, 0.1) is 0 Å². The van der Waals surface area contributed by atoms with Gasteiger partial charge in [0.2, 0.25) is 5.91 Å². The van der Waals surface area contributed by atoms with E-state index in [-0.39, 0.29) is 5.91 Å². The number of carbonyl (C=O) groups excluding carboxylic acids is 2. The second-order valence-corrected chi connectivity index (χ2v) is 8.07. The molecule has 2 aromatic carbocycles. The average molecular weight is 417 g/mol. The molecule has 146 valence electrons. The summed E-state index contributed by atoms with van der Waals surface area (Å²) in [5.74, 6) is 1.22. The molecule has 0 saturated heterocycles. The first-order valence-electron chi connectivity index (χ1n) is 8.64. The molecule has 0 saturated carbocycles. The summed E-state index contributed by atoms with van der Waals surface area (Å²) in [6.45, 7) is 0. The Labute approximate surface area is 171 Å². The van der Waals surface area contributed by atoms with Crippen molar-refractivity contribution >= 4 is 50.3 Å². The first-order chi connectivity index (χ1) is 13.6. The maximum Gasteiger partial charge on any atom is 0.337 e. The molecule has 1 heterocycles. The van der Waals surface area contributed by atoms with Crippen LogP contribution in [0.4, 0.5) is 5.13 Å². The van der Waals surface area contributed by atoms with E-state index in [0.29, 0.717) is 17.1 Å². The Morgan fingerprint density at radius 1 is 1.14 bits per heavy atom. The van der Waals surface area contributed by atoms with Crippen molar-refractivity contribution in [3.8, 4) is 5.75 Å². The molecule has 0 atom stereocenters. The quantitative estimate of drug-likeness (QED) is 0.328. The van der Waals surface area contributed by atoms with Crippen molar-refractivity contribution < 1.29 is 19.1 Å². The highest BCUT2D eigenvalue weighted by Crippen LogP contribution is 2.27. The second kappa shape index (κ2) is 9.57. The van der Waals surface area contributed by atoms with Gasteiger partial charge in [0.25, 0.3) is 0 Å². The molecule has 3 aromatic rings. The van der Waals surface area contributed by atoms with Gasteiger partial charge < -0.3 is 14.8 Å². The van der Waals surface area contributed by atoms with Crippen molar-refractivity contribution in [3.63, 3.8) is 0 Å². The van der Waals surface area contributed by atoms with Crippen molar-refractivity contribution in [2.24, 2.45) is 0 Å². The molecule has 1 N–H and O–H groups in total. The van der Waals surface area contributed by atoms with Crippen LogP contribution < -0.4 is 10.1 Å². The molecular weight excluding hydrogens is 396 g/mol. The van der Waals surface area contributed by atoms with Crippen LogP contribution in [0.1, 0.15) is 23.2 Å². The van der Waals surface area contributed by atoms with Gasteiger partial charge in [-0.1, -0.05) is 11.3 Å². The third kappa shape index (κ3) is 5.24. The number of hydrogen-bond acceptors (Lipinski definition) is 7. The van der Waals surface area contributed by atoms with Gasteiger partial charge in [0.1, 0.15) is 5.75 Å². The number of ether oxygens (including phenoxy) is 2. The molecule has 1 amide bonds. The van der Waals surface area contributed by atoms with E-state index in [1.165, 1.54) is 18.4 Å². The number of thioether (sulfide) groups is 1. The van der Waals surface area contributed by atoms with Crippen LogP contribution in [0.5, 0.6) is 5.75 Å². The van der Waals surface area contributed by atoms with E-state index in [1.54, 1.807) is 37.1 Å². The molecular formula is C20H20N2O4S2. The minimum Gasteiger partial charge on any atom is -0.497 e. The number of aromatic nitrogens is 1. The summed E-state index contributed by atoms with van der Waals surface area (Å²) in [6.07, 6.45) is 1.19. The molecule has 0 radical (unpaired) electrons. The molecule has 0 spiro atoms. The van der Waals surface area contributed by atoms with Gasteiger partial charge in [-0.2, -0.15) is 0 Å². The minimum absolute atomic E-state index is 0.0671. The molecule has 0 unspecified atom stereocenters. The Bertz CT molecular complexity index is 970. The number of thiazole rings is 1. The summed E-state index contributed by atoms with van der Waals surface area (Å²) in [4.78, 5) is 29.3. The van der Waals surface area contributed by atoms with Crippen LogP contribution >= 0.6 is 23.1 Å². The molecule has 6 nitrogen and oxygen atoms in total. The van der Waals surface area contributed by atoms with Crippen LogP contribution in [0.2, 0.25) is 0 Å². The van der Waals surface area contributed by atoms with Crippen molar-refractivity contribution in [2.45, 2.75) is 17.7 Å². The molecule has 3 rings (SSSR count). The molecule has 0 bridgehead atoms. The number of nitrogens with zero attached hydrogens (tertiary/aromatic N) is 1. The van der Waals surface area contributed by atoms with E-state index in [2.05, 4.69) is 10.3 Å². The predicted molar refractivity (Wildman–Crippen MR) is 113 cm³/mol. The van der Waals surface area contributed by atoms with E-state index < -0.39 is 5.97 Å². The monoisotopic (exact) mass is 416 g/mol. The van der Waals surface area contributed by atoms with Crippen LogP contribution in [0.3, 0.4) is 0 Å². The van der Waals surface area contributed by atoms with Gasteiger partial charge in [-0.25, -0.2) is 9.78 Å². The lowest BCUT2D eigenvalue weighted by atomic mass is 10.2. The Balaban J connectivity index is 1.48. The number of methoxy groups -OCH3 is 2. The normalized spacial score (nSPS) is 10.6. The van der Waals surface area contributed by atoms with Gasteiger partial charge in [-0.05, 0) is 54.6 Å². The Morgan fingerprint density at radius 2 is 1.93 bits per heavy atom. The highest BCUT2D eigenvalue weighted by Gasteiger charge is 2.11. The fourth-order valence-electron chi connectivity index (χ4n) is 2.50. The zero-order valence-electron chi connectivity index (χ0n) is 15.6. The fourth-order valence-corrected chi connectivity index (χ4v) is 4.27. The molecule has 0 aliphatic rings. The van der Waals surface area contributed by atoms with Crippen LogP contribution in [-0.2, 0) is 9.53 Å². The Kier molecular flexibility index (Phi) is 6.89. The largest absolute Gasteiger partial charge is 0.497 e. The van der Waals surface area contributed by atoms with Gasteiger partial charge in [-0.15, -0.1) is 11.8 Å². The van der Waals surface area contributed by atoms with Crippen LogP contribution in [-0.4, -0.2) is 36.8 Å². The fraction of sp³-hybridized carbons (Fsp3) is 0.250. The number of benzene rings is 2. The summed E-state index contributed by atoms with van der Waals surface area (Å²) < 4.78 is 10.7. The summed E-state index contributed by atoms with van der Waals surface area (Å²) in [6, 6.07) is 13.0. The lowest BCUT2D eigenvalue weighted by Gasteiger charge is -2.04. The van der Waals surface area contributed by atoms with Gasteiger partial charge >= 0.3 is 5.97 Å². The molecule has 1 aromatic heterocycles. The number of esters is 1. The van der Waals surface area contributed by atoms with E-state index in [0.717, 1.165) is 33.0 Å². The topological polar surface area (TPSA) is 77.5 Å². The Hall–Kier alpha value is -2.58. The lowest BCUT2D eigenvalue weighted by molar-refractivity contribution is -0.116. The third-order valence-corrected chi connectivity index (χ3v) is 5.96. The third-order valence-electron chi connectivity index (χ3n) is 3.93. The maximum absolute atomic E-state index is 12.2. The van der Waals surface area contributed by atoms with Gasteiger partial charge in [0.15, 0.2) is 5.13 Å². The number of anilines is 1. The van der Waals surface area contributed by atoms with Gasteiger partial charge in [0.05, 0.1) is 30.0 Å². The minimum atomic E-state index is -0.393. The SMILES string of the molecule is COC(=O)c1ccc2nc(NC(=O)CCCSc3ccc(OC)cc3)sc2c1. The van der Waals surface area contributed by atoms with Crippen LogP contribution in [0.25, 0.3) is 10.2 Å². The summed E-state index contributed by atoms with van der Waals surface area (Å²) in [5, 5.41) is 3.37. The molecule has 0 aliphatic carbocycles. The average Bonchev–Trinajstić information content (AvgIpc) is 3.12. The zero-order chi connectivity index (χ0) is 19.9. The molecule has 8 heteroatoms.